The van der Waals surface area contributed by atoms with Gasteiger partial charge in [0.15, 0.2) is 46.5 Å². The van der Waals surface area contributed by atoms with Crippen molar-refractivity contribution in [3.8, 4) is 23.0 Å². The van der Waals surface area contributed by atoms with E-state index in [-0.39, 0.29) is 36.2 Å². The summed E-state index contributed by atoms with van der Waals surface area (Å²) >= 11 is 3.29. The van der Waals surface area contributed by atoms with Gasteiger partial charge < -0.3 is 18.9 Å². The molecule has 0 saturated heterocycles. The molecule has 0 N–H and O–H groups in total. The van der Waals surface area contributed by atoms with Gasteiger partial charge in [-0.25, -0.2) is 9.97 Å². The van der Waals surface area contributed by atoms with E-state index in [4.69, 9.17) is 28.9 Å². The van der Waals surface area contributed by atoms with Crippen molar-refractivity contribution < 1.29 is 28.5 Å². The number of aryl methyl sites for hydroxylation is 4. The molecule has 0 unspecified atom stereocenters. The normalized spacial score (nSPS) is 16.7. The number of hydrogen-bond acceptors (Lipinski definition) is 10. The van der Waals surface area contributed by atoms with Crippen LogP contribution in [0.15, 0.2) is 49.1 Å². The zero-order chi connectivity index (χ0) is 39.5. The molecular formula is C44H54N4O6S2. The number of fused-ring (bicyclic) bond motifs is 4. The van der Waals surface area contributed by atoms with Crippen LogP contribution < -0.4 is 28.7 Å². The lowest BCUT2D eigenvalue weighted by Crippen LogP contribution is -2.35. The highest BCUT2D eigenvalue weighted by molar-refractivity contribution is 7.16. The predicted octanol–water partition coefficient (Wildman–Crippen LogP) is 8.89. The Balaban J connectivity index is 0.000000172. The van der Waals surface area contributed by atoms with Crippen LogP contribution in [0, 0.1) is 0 Å². The Hall–Kier alpha value is -4.42. The third-order valence-corrected chi connectivity index (χ3v) is 12.7. The van der Waals surface area contributed by atoms with Gasteiger partial charge in [0.2, 0.25) is 0 Å². The molecule has 0 fully saturated rings. The number of benzene rings is 2. The minimum absolute atomic E-state index is 0.00944. The van der Waals surface area contributed by atoms with Gasteiger partial charge in [0.1, 0.15) is 11.2 Å². The molecule has 2 aromatic carbocycles. The fraction of sp³-hybridized carbons (Fsp3) is 0.500. The van der Waals surface area contributed by atoms with E-state index in [1.807, 2.05) is 30.3 Å². The second-order valence-corrected chi connectivity index (χ2v) is 18.3. The van der Waals surface area contributed by atoms with Gasteiger partial charge in [-0.1, -0.05) is 37.3 Å². The lowest BCUT2D eigenvalue weighted by Gasteiger charge is -2.20. The van der Waals surface area contributed by atoms with Gasteiger partial charge in [0.05, 0.1) is 11.4 Å². The number of rotatable bonds is 12. The van der Waals surface area contributed by atoms with Gasteiger partial charge in [-0.05, 0) is 97.6 Å². The van der Waals surface area contributed by atoms with Crippen LogP contribution in [0.1, 0.15) is 99.0 Å². The lowest BCUT2D eigenvalue weighted by atomic mass is 10.0. The van der Waals surface area contributed by atoms with E-state index >= 15 is 0 Å². The maximum Gasteiger partial charge on any atom is 0.266 e. The minimum Gasteiger partial charge on any atom is -0.483 e. The van der Waals surface area contributed by atoms with Gasteiger partial charge >= 0.3 is 0 Å². The van der Waals surface area contributed by atoms with Gasteiger partial charge in [-0.15, -0.1) is 29.3 Å². The van der Waals surface area contributed by atoms with E-state index in [1.54, 1.807) is 38.5 Å². The summed E-state index contributed by atoms with van der Waals surface area (Å²) in [6, 6.07) is 11.7. The van der Waals surface area contributed by atoms with Crippen molar-refractivity contribution in [1.29, 1.82) is 0 Å². The number of nitrogens with zero attached hydrogens (tertiary/aromatic N) is 4. The zero-order valence-electron chi connectivity index (χ0n) is 33.4. The van der Waals surface area contributed by atoms with Crippen molar-refractivity contribution in [2.75, 3.05) is 36.1 Å². The molecule has 0 radical (unpaired) electrons. The Labute approximate surface area is 338 Å². The third-order valence-electron chi connectivity index (χ3n) is 10.3. The summed E-state index contributed by atoms with van der Waals surface area (Å²) in [6.45, 7) is 15.1. The molecule has 298 valence electrons. The number of anilines is 2. The van der Waals surface area contributed by atoms with Gasteiger partial charge in [-0.2, -0.15) is 0 Å². The number of ether oxygens (including phenoxy) is 4. The Morgan fingerprint density at radius 2 is 1.21 bits per heavy atom. The molecule has 0 spiro atoms. The molecule has 2 aliphatic carbocycles. The van der Waals surface area contributed by atoms with E-state index in [9.17, 15) is 9.59 Å². The summed E-state index contributed by atoms with van der Waals surface area (Å²) in [5.41, 5.74) is 4.09. The number of carbonyl (C=O) groups is 2. The van der Waals surface area contributed by atoms with E-state index < -0.39 is 0 Å². The van der Waals surface area contributed by atoms with Crippen LogP contribution in [0.2, 0.25) is 0 Å². The van der Waals surface area contributed by atoms with Crippen molar-refractivity contribution >= 4 is 44.8 Å². The summed E-state index contributed by atoms with van der Waals surface area (Å²) in [7, 11) is 0. The molecule has 8 rings (SSSR count). The fourth-order valence-corrected chi connectivity index (χ4v) is 10.1. The quantitative estimate of drug-likeness (QED) is 0.131. The van der Waals surface area contributed by atoms with E-state index in [1.165, 1.54) is 41.1 Å². The Kier molecular flexibility index (Phi) is 12.1. The van der Waals surface area contributed by atoms with Crippen LogP contribution in [0.25, 0.3) is 0 Å². The predicted molar refractivity (Wildman–Crippen MR) is 223 cm³/mol. The molecule has 4 aromatic rings. The number of thiazole rings is 2. The van der Waals surface area contributed by atoms with Crippen LogP contribution in [0.5, 0.6) is 23.0 Å². The maximum absolute atomic E-state index is 13.0. The monoisotopic (exact) mass is 798 g/mol. The van der Waals surface area contributed by atoms with Gasteiger partial charge in [0, 0.05) is 46.8 Å². The zero-order valence-corrected chi connectivity index (χ0v) is 35.0. The second-order valence-electron chi connectivity index (χ2n) is 16.1. The lowest BCUT2D eigenvalue weighted by molar-refractivity contribution is -0.121. The summed E-state index contributed by atoms with van der Waals surface area (Å²) in [5, 5.41) is 1.56. The van der Waals surface area contributed by atoms with Crippen molar-refractivity contribution in [1.82, 2.24) is 9.97 Å². The number of hydrogen-bond donors (Lipinski definition) is 0. The first-order valence-electron chi connectivity index (χ1n) is 20.0. The van der Waals surface area contributed by atoms with Crippen LogP contribution in [0.3, 0.4) is 0 Å². The molecule has 2 amide bonds. The smallest absolute Gasteiger partial charge is 0.266 e. The molecule has 4 heterocycles. The number of carbonyl (C=O) groups excluding carboxylic acids is 2. The summed E-state index contributed by atoms with van der Waals surface area (Å²) in [6.07, 6.45) is 13.2. The average molecular weight is 799 g/mol. The first-order valence-corrected chi connectivity index (χ1v) is 21.6. The maximum atomic E-state index is 13.0. The highest BCUT2D eigenvalue weighted by Gasteiger charge is 2.34. The number of para-hydroxylation sites is 2. The Morgan fingerprint density at radius 1 is 0.750 bits per heavy atom. The molecule has 2 aliphatic heterocycles. The summed E-state index contributed by atoms with van der Waals surface area (Å²) in [4.78, 5) is 41.5. The number of aromatic nitrogens is 2. The van der Waals surface area contributed by atoms with E-state index in [0.717, 1.165) is 83.5 Å². The fourth-order valence-electron chi connectivity index (χ4n) is 7.71. The molecule has 12 heteroatoms. The molecule has 2 aromatic heterocycles. The molecule has 10 nitrogen and oxygen atoms in total. The topological polar surface area (TPSA) is 103 Å². The van der Waals surface area contributed by atoms with Crippen LogP contribution in [-0.4, -0.2) is 59.3 Å². The van der Waals surface area contributed by atoms with E-state index in [0.29, 0.717) is 24.6 Å². The van der Waals surface area contributed by atoms with E-state index in [2.05, 4.69) is 47.3 Å². The second kappa shape index (κ2) is 17.0. The third kappa shape index (κ3) is 9.07. The molecule has 0 saturated carbocycles. The highest BCUT2D eigenvalue weighted by atomic mass is 32.1. The molecule has 0 atom stereocenters. The van der Waals surface area contributed by atoms with Crippen LogP contribution in [-0.2, 0) is 48.1 Å². The van der Waals surface area contributed by atoms with Crippen molar-refractivity contribution in [3.63, 3.8) is 0 Å². The summed E-state index contributed by atoms with van der Waals surface area (Å²) in [5.74, 6) is 2.61. The van der Waals surface area contributed by atoms with Crippen LogP contribution >= 0.6 is 22.7 Å². The van der Waals surface area contributed by atoms with Crippen LogP contribution in [0.4, 0.5) is 10.3 Å². The largest absolute Gasteiger partial charge is 0.483 e. The molecule has 56 heavy (non-hydrogen) atoms. The minimum atomic E-state index is -0.249. The molecule has 0 bridgehead atoms. The first-order chi connectivity index (χ1) is 26.9. The number of amides is 2. The van der Waals surface area contributed by atoms with Gasteiger partial charge in [-0.3, -0.25) is 19.4 Å². The standard InChI is InChI=1S/C22H28N2O3S.C22H26N2O3S/c2*1-4-12-24(21-23-16-9-5-6-11-18(16)28-21)19(25)14-26-17-10-7-8-15-13-22(2,3)27-20(15)17/h7-8,10H,4-6,9,11-14H2,1-3H3;4,7-8,10H,1,5-6,9,11-14H2,2-3H3. The highest BCUT2D eigenvalue weighted by Crippen LogP contribution is 2.43. The van der Waals surface area contributed by atoms with Crippen molar-refractivity contribution in [2.45, 2.75) is 116 Å². The SMILES string of the molecule is C=CCN(C(=O)COc1cccc2c1OC(C)(C)C2)c1nc2c(s1)CCCC2.CCCN(C(=O)COc1cccc2c1OC(C)(C)C2)c1nc2c(s1)CCCC2. The molecule has 4 aliphatic rings. The molecular weight excluding hydrogens is 745 g/mol. The summed E-state index contributed by atoms with van der Waals surface area (Å²) < 4.78 is 23.9. The van der Waals surface area contributed by atoms with Crippen molar-refractivity contribution in [3.05, 3.63) is 81.3 Å². The first kappa shape index (κ1) is 39.8. The Morgan fingerprint density at radius 3 is 1.68 bits per heavy atom. The van der Waals surface area contributed by atoms with Crippen molar-refractivity contribution in [2.24, 2.45) is 0 Å². The average Bonchev–Trinajstić information content (AvgIpc) is 3.95. The Bertz CT molecular complexity index is 2020. The van der Waals surface area contributed by atoms with Gasteiger partial charge in [0.25, 0.3) is 11.8 Å².